The van der Waals surface area contributed by atoms with Gasteiger partial charge in [0.05, 0.1) is 5.92 Å². The summed E-state index contributed by atoms with van der Waals surface area (Å²) in [5.41, 5.74) is 4.85. The van der Waals surface area contributed by atoms with Crippen LogP contribution in [0.1, 0.15) is 23.1 Å². The molecule has 2 amide bonds. The maximum atomic E-state index is 12.8. The second-order valence-electron chi connectivity index (χ2n) is 8.01. The van der Waals surface area contributed by atoms with Crippen LogP contribution in [0.15, 0.2) is 66.7 Å². The molecule has 1 N–H and O–H groups in total. The number of carbonyl (C=O) groups is 2. The highest BCUT2D eigenvalue weighted by Gasteiger charge is 2.35. The number of hydrogen-bond acceptors (Lipinski definition) is 3. The largest absolute Gasteiger partial charge is 0.457 e. The van der Waals surface area contributed by atoms with E-state index in [9.17, 15) is 9.59 Å². The molecule has 1 aliphatic rings. The van der Waals surface area contributed by atoms with E-state index in [-0.39, 0.29) is 24.2 Å². The number of rotatable bonds is 5. The summed E-state index contributed by atoms with van der Waals surface area (Å²) in [5.74, 6) is 0.975. The number of nitrogens with zero attached hydrogens (tertiary/aromatic N) is 1. The van der Waals surface area contributed by atoms with E-state index in [1.165, 1.54) is 5.56 Å². The van der Waals surface area contributed by atoms with E-state index >= 15 is 0 Å². The van der Waals surface area contributed by atoms with Crippen LogP contribution >= 0.6 is 0 Å². The third-order valence-electron chi connectivity index (χ3n) is 5.81. The molecule has 0 aliphatic carbocycles. The van der Waals surface area contributed by atoms with Crippen molar-refractivity contribution in [3.8, 4) is 11.5 Å². The van der Waals surface area contributed by atoms with Crippen molar-refractivity contribution >= 4 is 23.2 Å². The summed E-state index contributed by atoms with van der Waals surface area (Å²) in [6, 6.07) is 21.0. The minimum atomic E-state index is -0.377. The number of anilines is 2. The van der Waals surface area contributed by atoms with Crippen molar-refractivity contribution in [2.45, 2.75) is 27.2 Å². The van der Waals surface area contributed by atoms with Gasteiger partial charge in [0.2, 0.25) is 11.8 Å². The average Bonchev–Trinajstić information content (AvgIpc) is 3.15. The summed E-state index contributed by atoms with van der Waals surface area (Å²) in [5, 5.41) is 2.93. The van der Waals surface area contributed by atoms with Gasteiger partial charge in [-0.3, -0.25) is 9.59 Å². The van der Waals surface area contributed by atoms with Crippen molar-refractivity contribution < 1.29 is 14.3 Å². The van der Waals surface area contributed by atoms with Gasteiger partial charge in [-0.05, 0) is 73.9 Å². The summed E-state index contributed by atoms with van der Waals surface area (Å²) in [6.45, 7) is 6.44. The van der Waals surface area contributed by atoms with Gasteiger partial charge in [-0.25, -0.2) is 0 Å². The second-order valence-corrected chi connectivity index (χ2v) is 8.01. The molecule has 0 aromatic heterocycles. The fraction of sp³-hybridized carbons (Fsp3) is 0.231. The Labute approximate surface area is 182 Å². The van der Waals surface area contributed by atoms with Crippen LogP contribution in [-0.4, -0.2) is 18.4 Å². The molecule has 0 unspecified atom stereocenters. The molecule has 0 radical (unpaired) electrons. The highest BCUT2D eigenvalue weighted by Crippen LogP contribution is 2.30. The number of ether oxygens (including phenoxy) is 1. The number of amides is 2. The summed E-state index contributed by atoms with van der Waals surface area (Å²) >= 11 is 0. The van der Waals surface area contributed by atoms with Crippen molar-refractivity contribution in [3.05, 3.63) is 83.4 Å². The molecule has 3 aromatic rings. The third-order valence-corrected chi connectivity index (χ3v) is 5.81. The molecule has 1 aliphatic heterocycles. The van der Waals surface area contributed by atoms with Gasteiger partial charge < -0.3 is 15.0 Å². The lowest BCUT2D eigenvalue weighted by molar-refractivity contribution is -0.122. The predicted molar refractivity (Wildman–Crippen MR) is 123 cm³/mol. The van der Waals surface area contributed by atoms with Crippen molar-refractivity contribution in [1.29, 1.82) is 0 Å². The second kappa shape index (κ2) is 8.64. The highest BCUT2D eigenvalue weighted by atomic mass is 16.5. The Morgan fingerprint density at radius 3 is 2.39 bits per heavy atom. The zero-order chi connectivity index (χ0) is 22.0. The molecule has 31 heavy (non-hydrogen) atoms. The van der Waals surface area contributed by atoms with E-state index in [2.05, 4.69) is 18.3 Å². The monoisotopic (exact) mass is 414 g/mol. The number of para-hydroxylation sites is 1. The molecule has 1 saturated heterocycles. The topological polar surface area (TPSA) is 58.6 Å². The predicted octanol–water partition coefficient (Wildman–Crippen LogP) is 5.40. The zero-order valence-electron chi connectivity index (χ0n) is 18.0. The Morgan fingerprint density at radius 2 is 1.65 bits per heavy atom. The van der Waals surface area contributed by atoms with Crippen LogP contribution in [0, 0.1) is 26.7 Å². The molecule has 0 spiro atoms. The first-order chi connectivity index (χ1) is 14.9. The van der Waals surface area contributed by atoms with Gasteiger partial charge in [0.15, 0.2) is 0 Å². The molecule has 158 valence electrons. The first kappa shape index (κ1) is 20.7. The molecule has 4 rings (SSSR count). The standard InChI is InChI=1S/C26H26N2O3/c1-17-8-6-10-24(19(17)3)31-22-13-11-21(12-14-22)27-26(30)20-15-25(29)28(16-20)23-9-5-4-7-18(23)2/h4-14,20H,15-16H2,1-3H3,(H,27,30)/t20-/m0/s1. The maximum Gasteiger partial charge on any atom is 0.229 e. The fourth-order valence-electron chi connectivity index (χ4n) is 3.79. The maximum absolute atomic E-state index is 12.8. The van der Waals surface area contributed by atoms with Crippen LogP contribution in [0.4, 0.5) is 11.4 Å². The molecule has 0 bridgehead atoms. The zero-order valence-corrected chi connectivity index (χ0v) is 18.0. The quantitative estimate of drug-likeness (QED) is 0.608. The Bertz CT molecular complexity index is 1120. The molecular formula is C26H26N2O3. The number of aryl methyl sites for hydroxylation is 2. The molecule has 3 aromatic carbocycles. The first-order valence-electron chi connectivity index (χ1n) is 10.4. The Morgan fingerprint density at radius 1 is 0.935 bits per heavy atom. The van der Waals surface area contributed by atoms with Gasteiger partial charge in [-0.1, -0.05) is 30.3 Å². The van der Waals surface area contributed by atoms with Crippen LogP contribution in [-0.2, 0) is 9.59 Å². The van der Waals surface area contributed by atoms with Crippen LogP contribution in [0.2, 0.25) is 0 Å². The fourth-order valence-corrected chi connectivity index (χ4v) is 3.79. The van der Waals surface area contributed by atoms with E-state index < -0.39 is 0 Å². The lowest BCUT2D eigenvalue weighted by Crippen LogP contribution is -2.28. The van der Waals surface area contributed by atoms with Crippen molar-refractivity contribution in [2.75, 3.05) is 16.8 Å². The van der Waals surface area contributed by atoms with Crippen LogP contribution < -0.4 is 15.0 Å². The Hall–Kier alpha value is -3.60. The van der Waals surface area contributed by atoms with Crippen molar-refractivity contribution in [3.63, 3.8) is 0 Å². The number of benzene rings is 3. The number of carbonyl (C=O) groups excluding carboxylic acids is 2. The number of hydrogen-bond donors (Lipinski definition) is 1. The van der Waals surface area contributed by atoms with Gasteiger partial charge in [-0.2, -0.15) is 0 Å². The van der Waals surface area contributed by atoms with E-state index in [4.69, 9.17) is 4.74 Å². The SMILES string of the molecule is Cc1ccccc1N1C[C@@H](C(=O)Nc2ccc(Oc3cccc(C)c3C)cc2)CC1=O. The lowest BCUT2D eigenvalue weighted by atomic mass is 10.1. The smallest absolute Gasteiger partial charge is 0.229 e. The molecule has 1 heterocycles. The molecule has 1 atom stereocenters. The summed E-state index contributed by atoms with van der Waals surface area (Å²) in [7, 11) is 0. The summed E-state index contributed by atoms with van der Waals surface area (Å²) in [6.07, 6.45) is 0.216. The molecule has 5 nitrogen and oxygen atoms in total. The minimum absolute atomic E-state index is 0.0216. The summed E-state index contributed by atoms with van der Waals surface area (Å²) in [4.78, 5) is 27.0. The summed E-state index contributed by atoms with van der Waals surface area (Å²) < 4.78 is 5.97. The Balaban J connectivity index is 1.39. The normalized spacial score (nSPS) is 15.8. The van der Waals surface area contributed by atoms with Crippen molar-refractivity contribution in [1.82, 2.24) is 0 Å². The van der Waals surface area contributed by atoms with Gasteiger partial charge >= 0.3 is 0 Å². The molecule has 5 heteroatoms. The van der Waals surface area contributed by atoms with E-state index in [1.807, 2.05) is 74.5 Å². The third kappa shape index (κ3) is 4.45. The van der Waals surface area contributed by atoms with Crippen LogP contribution in [0.25, 0.3) is 0 Å². The average molecular weight is 415 g/mol. The van der Waals surface area contributed by atoms with E-state index in [0.29, 0.717) is 18.0 Å². The Kier molecular flexibility index (Phi) is 5.76. The molecular weight excluding hydrogens is 388 g/mol. The number of nitrogens with one attached hydrogen (secondary N) is 1. The minimum Gasteiger partial charge on any atom is -0.457 e. The van der Waals surface area contributed by atoms with Crippen molar-refractivity contribution in [2.24, 2.45) is 5.92 Å². The first-order valence-corrected chi connectivity index (χ1v) is 10.4. The molecule has 0 saturated carbocycles. The van der Waals surface area contributed by atoms with Crippen LogP contribution in [0.3, 0.4) is 0 Å². The van der Waals surface area contributed by atoms with Gasteiger partial charge in [-0.15, -0.1) is 0 Å². The van der Waals surface area contributed by atoms with Gasteiger partial charge in [0, 0.05) is 24.3 Å². The highest BCUT2D eigenvalue weighted by molar-refractivity contribution is 6.03. The van der Waals surface area contributed by atoms with Gasteiger partial charge in [0.25, 0.3) is 0 Å². The molecule has 1 fully saturated rings. The lowest BCUT2D eigenvalue weighted by Gasteiger charge is -2.19. The van der Waals surface area contributed by atoms with E-state index in [1.54, 1.807) is 4.90 Å². The van der Waals surface area contributed by atoms with Crippen LogP contribution in [0.5, 0.6) is 11.5 Å². The van der Waals surface area contributed by atoms with E-state index in [0.717, 1.165) is 22.6 Å². The van der Waals surface area contributed by atoms with Gasteiger partial charge in [0.1, 0.15) is 11.5 Å².